The zero-order valence-electron chi connectivity index (χ0n) is 23.1. The van der Waals surface area contributed by atoms with Crippen LogP contribution in [0.1, 0.15) is 77.1 Å². The number of rotatable bonds is 5. The molecule has 7 heteroatoms. The number of fused-ring (bicyclic) bond motifs is 2. The summed E-state index contributed by atoms with van der Waals surface area (Å²) in [6.45, 7) is 11.0. The van der Waals surface area contributed by atoms with Crippen LogP contribution in [0.4, 0.5) is 16.2 Å². The average Bonchev–Trinajstić information content (AvgIpc) is 3.12. The van der Waals surface area contributed by atoms with Crippen molar-refractivity contribution in [3.63, 3.8) is 0 Å². The Morgan fingerprint density at radius 2 is 1.68 bits per heavy atom. The minimum absolute atomic E-state index is 0.00956. The molecule has 2 aliphatic rings. The number of para-hydroxylation sites is 2. The Labute approximate surface area is 221 Å². The molecular weight excluding hydrogens is 466 g/mol. The van der Waals surface area contributed by atoms with Crippen molar-refractivity contribution in [2.75, 3.05) is 25.0 Å². The number of hydrogen-bond acceptors (Lipinski definition) is 5. The van der Waals surface area contributed by atoms with Gasteiger partial charge in [0.25, 0.3) is 5.91 Å². The Kier molecular flexibility index (Phi) is 8.00. The molecule has 200 valence electrons. The van der Waals surface area contributed by atoms with Crippen LogP contribution in [0.5, 0.6) is 11.5 Å². The number of nitrogens with zero attached hydrogens (tertiary/aromatic N) is 3. The van der Waals surface area contributed by atoms with Crippen LogP contribution in [0.2, 0.25) is 0 Å². The standard InChI is InChI=1S/C30H41N3O4/c1-7-32(8-2)28(34)21-17-18-25-27(19-21)36-26-16-12-11-15-24(26)33(25)23-14-10-9-13-22(20-23)31(6)29(35)37-30(3,4)5/h11-12,15-19,22-23H,7-10,13-14,20H2,1-6H3/t22-,23+/m1/s1. The van der Waals surface area contributed by atoms with Crippen LogP contribution in [0.15, 0.2) is 42.5 Å². The topological polar surface area (TPSA) is 62.3 Å². The lowest BCUT2D eigenvalue weighted by molar-refractivity contribution is 0.0205. The molecule has 7 nitrogen and oxygen atoms in total. The van der Waals surface area contributed by atoms with Gasteiger partial charge in [-0.05, 0) is 84.2 Å². The molecule has 37 heavy (non-hydrogen) atoms. The lowest BCUT2D eigenvalue weighted by atomic mass is 9.99. The molecular formula is C30H41N3O4. The molecule has 1 saturated carbocycles. The Morgan fingerprint density at radius 1 is 1.00 bits per heavy atom. The van der Waals surface area contributed by atoms with E-state index in [1.165, 1.54) is 0 Å². The van der Waals surface area contributed by atoms with Crippen molar-refractivity contribution in [3.8, 4) is 11.5 Å². The third kappa shape index (κ3) is 5.86. The Bertz CT molecular complexity index is 1120. The molecule has 2 amide bonds. The summed E-state index contributed by atoms with van der Waals surface area (Å²) < 4.78 is 12.0. The van der Waals surface area contributed by atoms with Gasteiger partial charge in [-0.15, -0.1) is 0 Å². The van der Waals surface area contributed by atoms with Crippen molar-refractivity contribution in [2.24, 2.45) is 0 Å². The zero-order chi connectivity index (χ0) is 26.7. The lowest BCUT2D eigenvalue weighted by Gasteiger charge is -2.40. The molecule has 0 saturated heterocycles. The second-order valence-corrected chi connectivity index (χ2v) is 11.0. The first-order valence-electron chi connectivity index (χ1n) is 13.6. The van der Waals surface area contributed by atoms with Crippen LogP contribution in [0, 0.1) is 0 Å². The van der Waals surface area contributed by atoms with Gasteiger partial charge in [0, 0.05) is 37.8 Å². The van der Waals surface area contributed by atoms with Crippen molar-refractivity contribution in [1.82, 2.24) is 9.80 Å². The first-order chi connectivity index (χ1) is 17.6. The molecule has 0 spiro atoms. The minimum Gasteiger partial charge on any atom is -0.453 e. The molecule has 2 aromatic rings. The number of carbonyl (C=O) groups is 2. The average molecular weight is 508 g/mol. The smallest absolute Gasteiger partial charge is 0.410 e. The monoisotopic (exact) mass is 507 g/mol. The van der Waals surface area contributed by atoms with Gasteiger partial charge >= 0.3 is 6.09 Å². The van der Waals surface area contributed by atoms with E-state index in [2.05, 4.69) is 11.0 Å². The molecule has 2 atom stereocenters. The van der Waals surface area contributed by atoms with Crippen LogP contribution >= 0.6 is 0 Å². The molecule has 1 aliphatic heterocycles. The quantitative estimate of drug-likeness (QED) is 0.409. The first-order valence-corrected chi connectivity index (χ1v) is 13.6. The van der Waals surface area contributed by atoms with Crippen molar-refractivity contribution < 1.29 is 19.1 Å². The second kappa shape index (κ2) is 11.0. The predicted molar refractivity (Wildman–Crippen MR) is 147 cm³/mol. The number of ether oxygens (including phenoxy) is 2. The summed E-state index contributed by atoms with van der Waals surface area (Å²) in [6.07, 6.45) is 4.64. The fourth-order valence-corrected chi connectivity index (χ4v) is 5.38. The normalized spacial score (nSPS) is 19.1. The maximum atomic E-state index is 13.1. The maximum Gasteiger partial charge on any atom is 0.410 e. The predicted octanol–water partition coefficient (Wildman–Crippen LogP) is 6.98. The summed E-state index contributed by atoms with van der Waals surface area (Å²) in [4.78, 5) is 31.9. The Hall–Kier alpha value is -3.22. The van der Waals surface area contributed by atoms with E-state index in [9.17, 15) is 9.59 Å². The lowest BCUT2D eigenvalue weighted by Crippen LogP contribution is -2.44. The molecule has 0 radical (unpaired) electrons. The highest BCUT2D eigenvalue weighted by Crippen LogP contribution is 2.49. The number of amides is 2. The van der Waals surface area contributed by atoms with Crippen molar-refractivity contribution in [2.45, 2.75) is 84.4 Å². The van der Waals surface area contributed by atoms with Crippen LogP contribution in [-0.2, 0) is 4.74 Å². The van der Waals surface area contributed by atoms with Gasteiger partial charge in [0.05, 0.1) is 11.4 Å². The van der Waals surface area contributed by atoms with E-state index in [1.54, 1.807) is 4.90 Å². The molecule has 0 unspecified atom stereocenters. The van der Waals surface area contributed by atoms with Crippen LogP contribution in [-0.4, -0.2) is 59.6 Å². The van der Waals surface area contributed by atoms with Gasteiger partial charge in [-0.1, -0.05) is 25.0 Å². The summed E-state index contributed by atoms with van der Waals surface area (Å²) in [5.41, 5.74) is 2.08. The number of anilines is 2. The van der Waals surface area contributed by atoms with Crippen molar-refractivity contribution in [3.05, 3.63) is 48.0 Å². The van der Waals surface area contributed by atoms with E-state index in [0.717, 1.165) is 49.2 Å². The van der Waals surface area contributed by atoms with E-state index in [0.29, 0.717) is 24.4 Å². The molecule has 0 N–H and O–H groups in total. The summed E-state index contributed by atoms with van der Waals surface area (Å²) in [7, 11) is 1.85. The second-order valence-electron chi connectivity index (χ2n) is 11.0. The fraction of sp³-hybridized carbons (Fsp3) is 0.533. The number of benzene rings is 2. The molecule has 0 bridgehead atoms. The fourth-order valence-electron chi connectivity index (χ4n) is 5.38. The molecule has 1 heterocycles. The number of hydrogen-bond donors (Lipinski definition) is 0. The van der Waals surface area contributed by atoms with Crippen LogP contribution in [0.3, 0.4) is 0 Å². The van der Waals surface area contributed by atoms with Gasteiger partial charge in [0.2, 0.25) is 0 Å². The van der Waals surface area contributed by atoms with Gasteiger partial charge in [-0.25, -0.2) is 4.79 Å². The van der Waals surface area contributed by atoms with Gasteiger partial charge in [0.1, 0.15) is 5.60 Å². The maximum absolute atomic E-state index is 13.1. The van der Waals surface area contributed by atoms with Crippen molar-refractivity contribution >= 4 is 23.4 Å². The van der Waals surface area contributed by atoms with Crippen LogP contribution < -0.4 is 9.64 Å². The third-order valence-corrected chi connectivity index (χ3v) is 7.32. The molecule has 4 rings (SSSR count). The molecule has 0 aromatic heterocycles. The number of carbonyl (C=O) groups excluding carboxylic acids is 2. The Morgan fingerprint density at radius 3 is 2.38 bits per heavy atom. The minimum atomic E-state index is -0.530. The van der Waals surface area contributed by atoms with E-state index < -0.39 is 5.60 Å². The first kappa shape index (κ1) is 26.8. The largest absolute Gasteiger partial charge is 0.453 e. The highest BCUT2D eigenvalue weighted by atomic mass is 16.6. The summed E-state index contributed by atoms with van der Waals surface area (Å²) in [6, 6.07) is 14.1. The molecule has 2 aromatic carbocycles. The van der Waals surface area contributed by atoms with Gasteiger partial charge in [-0.2, -0.15) is 0 Å². The highest BCUT2D eigenvalue weighted by molar-refractivity contribution is 5.96. The molecule has 1 aliphatic carbocycles. The highest BCUT2D eigenvalue weighted by Gasteiger charge is 2.35. The van der Waals surface area contributed by atoms with Crippen molar-refractivity contribution in [1.29, 1.82) is 0 Å². The van der Waals surface area contributed by atoms with E-state index in [1.807, 2.05) is 83.0 Å². The summed E-state index contributed by atoms with van der Waals surface area (Å²) in [5, 5.41) is 0. The summed E-state index contributed by atoms with van der Waals surface area (Å²) in [5.74, 6) is 1.48. The van der Waals surface area contributed by atoms with Gasteiger partial charge in [0.15, 0.2) is 11.5 Å². The van der Waals surface area contributed by atoms with E-state index in [-0.39, 0.29) is 24.1 Å². The van der Waals surface area contributed by atoms with Crippen LogP contribution in [0.25, 0.3) is 0 Å². The SMILES string of the molecule is CCN(CC)C(=O)c1ccc2c(c1)Oc1ccccc1N2[C@H]1CCCC[C@@H](N(C)C(=O)OC(C)(C)C)C1. The zero-order valence-corrected chi connectivity index (χ0v) is 23.1. The Balaban J connectivity index is 1.67. The van der Waals surface area contributed by atoms with Gasteiger partial charge in [-0.3, -0.25) is 4.79 Å². The summed E-state index contributed by atoms with van der Waals surface area (Å²) >= 11 is 0. The van der Waals surface area contributed by atoms with Gasteiger partial charge < -0.3 is 24.2 Å². The van der Waals surface area contributed by atoms with E-state index in [4.69, 9.17) is 9.47 Å². The molecule has 1 fully saturated rings. The third-order valence-electron chi connectivity index (χ3n) is 7.32. The van der Waals surface area contributed by atoms with E-state index >= 15 is 0 Å².